The minimum absolute atomic E-state index is 0.234. The van der Waals surface area contributed by atoms with Gasteiger partial charge >= 0.3 is 0 Å². The monoisotopic (exact) mass is 222 g/mol. The molecule has 0 amide bonds. The summed E-state index contributed by atoms with van der Waals surface area (Å²) in [5.74, 6) is 1.14. The zero-order chi connectivity index (χ0) is 10.7. The number of nitrogens with zero attached hydrogens (tertiary/aromatic N) is 2. The Morgan fingerprint density at radius 2 is 2.07 bits per heavy atom. The Hall–Kier alpha value is -1.35. The maximum absolute atomic E-state index is 5.82. The van der Waals surface area contributed by atoms with Crippen LogP contribution in [0.3, 0.4) is 0 Å². The molecule has 0 aliphatic heterocycles. The van der Waals surface area contributed by atoms with Gasteiger partial charge in [0.1, 0.15) is 5.38 Å². The van der Waals surface area contributed by atoms with E-state index in [0.717, 1.165) is 5.56 Å². The quantitative estimate of drug-likeness (QED) is 0.750. The number of hydrogen-bond acceptors (Lipinski definition) is 3. The SMILES string of the molecule is CC(Cl)c1nc(Cc2ccccc2)no1. The Kier molecular flexibility index (Phi) is 3.02. The second kappa shape index (κ2) is 4.45. The summed E-state index contributed by atoms with van der Waals surface area (Å²) in [5, 5.41) is 3.63. The molecule has 0 spiro atoms. The van der Waals surface area contributed by atoms with Gasteiger partial charge in [-0.2, -0.15) is 4.98 Å². The third-order valence-corrected chi connectivity index (χ3v) is 2.22. The third kappa shape index (κ3) is 2.57. The fraction of sp³-hybridized carbons (Fsp3) is 0.273. The highest BCUT2D eigenvalue weighted by Gasteiger charge is 2.11. The molecule has 15 heavy (non-hydrogen) atoms. The minimum atomic E-state index is -0.234. The van der Waals surface area contributed by atoms with Crippen LogP contribution in [0.25, 0.3) is 0 Å². The topological polar surface area (TPSA) is 38.9 Å². The number of alkyl halides is 1. The van der Waals surface area contributed by atoms with Crippen molar-refractivity contribution >= 4 is 11.6 Å². The predicted molar refractivity (Wildman–Crippen MR) is 57.8 cm³/mol. The molecule has 0 radical (unpaired) electrons. The fourth-order valence-corrected chi connectivity index (χ4v) is 1.37. The van der Waals surface area contributed by atoms with E-state index >= 15 is 0 Å². The van der Waals surface area contributed by atoms with Crippen LogP contribution < -0.4 is 0 Å². The molecule has 0 saturated heterocycles. The van der Waals surface area contributed by atoms with Gasteiger partial charge in [-0.25, -0.2) is 0 Å². The Morgan fingerprint density at radius 1 is 1.33 bits per heavy atom. The maximum Gasteiger partial charge on any atom is 0.244 e. The van der Waals surface area contributed by atoms with Crippen molar-refractivity contribution in [2.24, 2.45) is 0 Å². The molecule has 0 saturated carbocycles. The average Bonchev–Trinajstić information content (AvgIpc) is 2.68. The smallest absolute Gasteiger partial charge is 0.244 e. The van der Waals surface area contributed by atoms with Crippen molar-refractivity contribution in [1.29, 1.82) is 0 Å². The summed E-state index contributed by atoms with van der Waals surface area (Å²) in [5.41, 5.74) is 1.16. The van der Waals surface area contributed by atoms with Crippen molar-refractivity contribution in [3.05, 3.63) is 47.6 Å². The summed E-state index contributed by atoms with van der Waals surface area (Å²) < 4.78 is 5.01. The molecule has 1 aromatic heterocycles. The second-order valence-electron chi connectivity index (χ2n) is 3.33. The van der Waals surface area contributed by atoms with Gasteiger partial charge in [0.05, 0.1) is 0 Å². The standard InChI is InChI=1S/C11H11ClN2O/c1-8(12)11-13-10(14-15-11)7-9-5-3-2-4-6-9/h2-6,8H,7H2,1H3. The lowest BCUT2D eigenvalue weighted by Crippen LogP contribution is -1.91. The highest BCUT2D eigenvalue weighted by Crippen LogP contribution is 2.17. The number of benzene rings is 1. The predicted octanol–water partition coefficient (Wildman–Crippen LogP) is 2.96. The molecule has 1 unspecified atom stereocenters. The van der Waals surface area contributed by atoms with Gasteiger partial charge < -0.3 is 4.52 Å². The van der Waals surface area contributed by atoms with Gasteiger partial charge in [0.2, 0.25) is 5.89 Å². The van der Waals surface area contributed by atoms with Gasteiger partial charge in [0.15, 0.2) is 5.82 Å². The molecule has 2 aromatic rings. The molecular weight excluding hydrogens is 212 g/mol. The Labute approximate surface area is 93.1 Å². The first-order valence-corrected chi connectivity index (χ1v) is 5.20. The first kappa shape index (κ1) is 10.2. The molecule has 2 rings (SSSR count). The van der Waals surface area contributed by atoms with Crippen LogP contribution in [0.5, 0.6) is 0 Å². The summed E-state index contributed by atoms with van der Waals surface area (Å²) in [7, 11) is 0. The Morgan fingerprint density at radius 3 is 2.67 bits per heavy atom. The molecular formula is C11H11ClN2O. The number of aromatic nitrogens is 2. The summed E-state index contributed by atoms with van der Waals surface area (Å²) in [6, 6.07) is 10.0. The summed E-state index contributed by atoms with van der Waals surface area (Å²) >= 11 is 5.82. The lowest BCUT2D eigenvalue weighted by atomic mass is 10.1. The molecule has 1 aromatic carbocycles. The molecule has 4 heteroatoms. The fourth-order valence-electron chi connectivity index (χ4n) is 1.28. The van der Waals surface area contributed by atoms with E-state index in [4.69, 9.17) is 16.1 Å². The zero-order valence-electron chi connectivity index (χ0n) is 8.35. The van der Waals surface area contributed by atoms with Crippen LogP contribution in [0.4, 0.5) is 0 Å². The minimum Gasteiger partial charge on any atom is -0.338 e. The van der Waals surface area contributed by atoms with E-state index in [1.165, 1.54) is 0 Å². The first-order chi connectivity index (χ1) is 7.25. The van der Waals surface area contributed by atoms with Crippen molar-refractivity contribution < 1.29 is 4.52 Å². The van der Waals surface area contributed by atoms with Crippen LogP contribution in [-0.4, -0.2) is 10.1 Å². The van der Waals surface area contributed by atoms with E-state index in [0.29, 0.717) is 18.1 Å². The lowest BCUT2D eigenvalue weighted by molar-refractivity contribution is 0.374. The summed E-state index contributed by atoms with van der Waals surface area (Å²) in [4.78, 5) is 4.20. The summed E-state index contributed by atoms with van der Waals surface area (Å²) in [6.45, 7) is 1.81. The number of halogens is 1. The molecule has 0 aliphatic rings. The molecule has 78 valence electrons. The maximum atomic E-state index is 5.82. The van der Waals surface area contributed by atoms with Crippen molar-refractivity contribution in [3.63, 3.8) is 0 Å². The molecule has 3 nitrogen and oxygen atoms in total. The van der Waals surface area contributed by atoms with Crippen molar-refractivity contribution in [2.75, 3.05) is 0 Å². The van der Waals surface area contributed by atoms with Crippen LogP contribution in [0, 0.1) is 0 Å². The van der Waals surface area contributed by atoms with Gasteiger partial charge in [0, 0.05) is 6.42 Å². The molecule has 0 N–H and O–H groups in total. The van der Waals surface area contributed by atoms with Gasteiger partial charge in [-0.15, -0.1) is 11.6 Å². The largest absolute Gasteiger partial charge is 0.338 e. The van der Waals surface area contributed by atoms with Crippen LogP contribution in [0.15, 0.2) is 34.9 Å². The molecule has 1 atom stereocenters. The summed E-state index contributed by atoms with van der Waals surface area (Å²) in [6.07, 6.45) is 0.675. The van der Waals surface area contributed by atoms with Crippen molar-refractivity contribution in [3.8, 4) is 0 Å². The van der Waals surface area contributed by atoms with Crippen molar-refractivity contribution in [2.45, 2.75) is 18.7 Å². The highest BCUT2D eigenvalue weighted by atomic mass is 35.5. The van der Waals surface area contributed by atoms with Crippen LogP contribution in [-0.2, 0) is 6.42 Å². The Bertz CT molecular complexity index is 425. The third-order valence-electron chi connectivity index (χ3n) is 2.03. The number of rotatable bonds is 3. The molecule has 0 aliphatic carbocycles. The second-order valence-corrected chi connectivity index (χ2v) is 3.98. The van der Waals surface area contributed by atoms with Crippen LogP contribution in [0.2, 0.25) is 0 Å². The molecule has 0 bridgehead atoms. The molecule has 1 heterocycles. The normalized spacial score (nSPS) is 12.7. The van der Waals surface area contributed by atoms with Crippen LogP contribution >= 0.6 is 11.6 Å². The van der Waals surface area contributed by atoms with Crippen molar-refractivity contribution in [1.82, 2.24) is 10.1 Å². The van der Waals surface area contributed by atoms with E-state index in [9.17, 15) is 0 Å². The highest BCUT2D eigenvalue weighted by molar-refractivity contribution is 6.20. The van der Waals surface area contributed by atoms with Gasteiger partial charge in [0.25, 0.3) is 0 Å². The molecule has 0 fully saturated rings. The first-order valence-electron chi connectivity index (χ1n) is 4.76. The Balaban J connectivity index is 2.12. The van der Waals surface area contributed by atoms with Crippen LogP contribution in [0.1, 0.15) is 29.6 Å². The van der Waals surface area contributed by atoms with E-state index in [2.05, 4.69) is 10.1 Å². The van der Waals surface area contributed by atoms with E-state index in [1.807, 2.05) is 30.3 Å². The zero-order valence-corrected chi connectivity index (χ0v) is 9.11. The van der Waals surface area contributed by atoms with Gasteiger partial charge in [-0.1, -0.05) is 35.5 Å². The average molecular weight is 223 g/mol. The lowest BCUT2D eigenvalue weighted by Gasteiger charge is -1.94. The van der Waals surface area contributed by atoms with E-state index in [1.54, 1.807) is 6.92 Å². The van der Waals surface area contributed by atoms with Gasteiger partial charge in [-0.3, -0.25) is 0 Å². The van der Waals surface area contributed by atoms with E-state index < -0.39 is 0 Å². The van der Waals surface area contributed by atoms with Gasteiger partial charge in [-0.05, 0) is 12.5 Å². The number of hydrogen-bond donors (Lipinski definition) is 0. The van der Waals surface area contributed by atoms with E-state index in [-0.39, 0.29) is 5.38 Å².